The van der Waals surface area contributed by atoms with Gasteiger partial charge in [0.1, 0.15) is 5.82 Å². The van der Waals surface area contributed by atoms with E-state index in [1.165, 1.54) is 9.47 Å². The van der Waals surface area contributed by atoms with Gasteiger partial charge in [-0.15, -0.1) is 0 Å². The van der Waals surface area contributed by atoms with Crippen molar-refractivity contribution in [1.82, 2.24) is 9.55 Å². The molecular formula is C18H28N4O5. The summed E-state index contributed by atoms with van der Waals surface area (Å²) in [6.45, 7) is 5.86. The summed E-state index contributed by atoms with van der Waals surface area (Å²) < 4.78 is 6.35. The molecule has 1 aliphatic carbocycles. The third-order valence-corrected chi connectivity index (χ3v) is 4.72. The van der Waals surface area contributed by atoms with Gasteiger partial charge in [0.2, 0.25) is 0 Å². The van der Waals surface area contributed by atoms with Crippen LogP contribution >= 0.6 is 0 Å². The zero-order chi connectivity index (χ0) is 20.1. The van der Waals surface area contributed by atoms with E-state index in [2.05, 4.69) is 4.98 Å². The minimum absolute atomic E-state index is 0.0582. The molecule has 2 rings (SSSR count). The molecule has 1 heterocycles. The monoisotopic (exact) mass is 380 g/mol. The highest BCUT2D eigenvalue weighted by Gasteiger charge is 2.41. The Hall–Kier alpha value is -2.58. The Balaban J connectivity index is 2.28. The number of carbonyl (C=O) groups is 2. The van der Waals surface area contributed by atoms with Gasteiger partial charge in [-0.1, -0.05) is 27.2 Å². The molecule has 3 N–H and O–H groups in total. The molecule has 0 aliphatic heterocycles. The minimum atomic E-state index is -0.726. The van der Waals surface area contributed by atoms with E-state index < -0.39 is 29.7 Å². The van der Waals surface area contributed by atoms with E-state index in [4.69, 9.17) is 10.5 Å². The lowest BCUT2D eigenvalue weighted by molar-refractivity contribution is -0.149. The Bertz CT molecular complexity index is 813. The second kappa shape index (κ2) is 8.88. The number of anilines is 2. The van der Waals surface area contributed by atoms with Crippen molar-refractivity contribution in [3.63, 3.8) is 0 Å². The number of aromatic amines is 1. The van der Waals surface area contributed by atoms with Crippen LogP contribution in [-0.2, 0) is 20.9 Å². The Morgan fingerprint density at radius 3 is 2.52 bits per heavy atom. The maximum atomic E-state index is 12.7. The maximum absolute atomic E-state index is 12.7. The number of unbranched alkanes of at least 4 members (excludes halogenated alkanes) is 1. The van der Waals surface area contributed by atoms with Crippen molar-refractivity contribution >= 4 is 23.4 Å². The van der Waals surface area contributed by atoms with Gasteiger partial charge in [-0.2, -0.15) is 0 Å². The van der Waals surface area contributed by atoms with Crippen molar-refractivity contribution in [3.8, 4) is 0 Å². The number of rotatable bonds is 9. The Morgan fingerprint density at radius 1 is 1.30 bits per heavy atom. The molecule has 27 heavy (non-hydrogen) atoms. The van der Waals surface area contributed by atoms with Gasteiger partial charge in [0.25, 0.3) is 11.5 Å². The number of hydrogen-bond donors (Lipinski definition) is 2. The van der Waals surface area contributed by atoms with Crippen LogP contribution in [0.4, 0.5) is 11.5 Å². The molecule has 1 saturated carbocycles. The van der Waals surface area contributed by atoms with E-state index in [1.807, 2.05) is 20.8 Å². The summed E-state index contributed by atoms with van der Waals surface area (Å²) in [7, 11) is 0. The van der Waals surface area contributed by atoms with Crippen LogP contribution in [0.2, 0.25) is 0 Å². The average Bonchev–Trinajstić information content (AvgIpc) is 3.35. The van der Waals surface area contributed by atoms with Crippen LogP contribution in [0.25, 0.3) is 0 Å². The van der Waals surface area contributed by atoms with Crippen LogP contribution in [0.1, 0.15) is 46.5 Å². The van der Waals surface area contributed by atoms with Crippen molar-refractivity contribution in [2.45, 2.75) is 53.0 Å². The van der Waals surface area contributed by atoms with Crippen LogP contribution in [0.5, 0.6) is 0 Å². The fraction of sp³-hybridized carbons (Fsp3) is 0.667. The zero-order valence-electron chi connectivity index (χ0n) is 16.1. The molecule has 0 aromatic carbocycles. The van der Waals surface area contributed by atoms with E-state index in [0.717, 1.165) is 12.8 Å². The van der Waals surface area contributed by atoms with Crippen LogP contribution in [0, 0.1) is 11.8 Å². The van der Waals surface area contributed by atoms with Crippen molar-refractivity contribution in [2.75, 3.05) is 23.8 Å². The van der Waals surface area contributed by atoms with Crippen LogP contribution < -0.4 is 21.9 Å². The second-order valence-electron chi connectivity index (χ2n) is 6.97. The van der Waals surface area contributed by atoms with Gasteiger partial charge < -0.3 is 15.4 Å². The van der Waals surface area contributed by atoms with Gasteiger partial charge in [0.15, 0.2) is 12.3 Å². The number of H-pyrrole nitrogens is 1. The number of amides is 1. The van der Waals surface area contributed by atoms with E-state index in [9.17, 15) is 19.2 Å². The molecule has 9 nitrogen and oxygen atoms in total. The highest BCUT2D eigenvalue weighted by Crippen LogP contribution is 2.38. The first kappa shape index (κ1) is 20.7. The van der Waals surface area contributed by atoms with Gasteiger partial charge in [-0.3, -0.25) is 23.9 Å². The van der Waals surface area contributed by atoms with Crippen molar-refractivity contribution < 1.29 is 14.3 Å². The van der Waals surface area contributed by atoms with E-state index in [0.29, 0.717) is 19.4 Å². The largest absolute Gasteiger partial charge is 0.455 e. The molecule has 1 amide bonds. The van der Waals surface area contributed by atoms with Gasteiger partial charge in [-0.25, -0.2) is 4.79 Å². The predicted octanol–water partition coefficient (Wildman–Crippen LogP) is 0.861. The molecule has 9 heteroatoms. The lowest BCUT2D eigenvalue weighted by Crippen LogP contribution is -2.43. The molecule has 2 atom stereocenters. The fourth-order valence-corrected chi connectivity index (χ4v) is 2.93. The molecule has 0 saturated heterocycles. The van der Waals surface area contributed by atoms with E-state index >= 15 is 0 Å². The summed E-state index contributed by atoms with van der Waals surface area (Å²) in [6.07, 6.45) is 2.82. The van der Waals surface area contributed by atoms with E-state index in [1.54, 1.807) is 0 Å². The zero-order valence-corrected chi connectivity index (χ0v) is 16.1. The molecule has 1 aromatic rings. The normalized spacial score (nSPS) is 18.2. The Kier molecular flexibility index (Phi) is 6.81. The number of nitrogens with zero attached hydrogens (tertiary/aromatic N) is 2. The Labute approximate surface area is 157 Å². The molecule has 1 aliphatic rings. The van der Waals surface area contributed by atoms with Gasteiger partial charge in [0, 0.05) is 13.1 Å². The molecule has 150 valence electrons. The van der Waals surface area contributed by atoms with Crippen molar-refractivity contribution in [2.24, 2.45) is 11.8 Å². The minimum Gasteiger partial charge on any atom is -0.455 e. The SMILES string of the molecule is CCCCN(C(=O)COC(=O)[C@H]1C[C@@H]1C)c1c(N)n(CCC)c(=O)[nH]c1=O. The third kappa shape index (κ3) is 4.78. The number of carbonyl (C=O) groups excluding carboxylic acids is 2. The first-order chi connectivity index (χ1) is 12.8. The lowest BCUT2D eigenvalue weighted by atomic mass is 10.2. The summed E-state index contributed by atoms with van der Waals surface area (Å²) in [4.78, 5) is 52.4. The third-order valence-electron chi connectivity index (χ3n) is 4.72. The number of esters is 1. The van der Waals surface area contributed by atoms with Gasteiger partial charge in [-0.05, 0) is 25.2 Å². The number of ether oxygens (including phenoxy) is 1. The number of aromatic nitrogens is 2. The van der Waals surface area contributed by atoms with Gasteiger partial charge >= 0.3 is 11.7 Å². The van der Waals surface area contributed by atoms with Gasteiger partial charge in [0.05, 0.1) is 5.92 Å². The topological polar surface area (TPSA) is 127 Å². The first-order valence-electron chi connectivity index (χ1n) is 9.41. The van der Waals surface area contributed by atoms with Crippen molar-refractivity contribution in [1.29, 1.82) is 0 Å². The molecule has 0 radical (unpaired) electrons. The number of nitrogens with one attached hydrogen (secondary N) is 1. The predicted molar refractivity (Wildman–Crippen MR) is 102 cm³/mol. The van der Waals surface area contributed by atoms with Crippen molar-refractivity contribution in [3.05, 3.63) is 20.8 Å². The highest BCUT2D eigenvalue weighted by molar-refractivity contribution is 5.97. The first-order valence-corrected chi connectivity index (χ1v) is 9.41. The van der Waals surface area contributed by atoms with Crippen LogP contribution in [0.3, 0.4) is 0 Å². The fourth-order valence-electron chi connectivity index (χ4n) is 2.93. The smallest absolute Gasteiger partial charge is 0.330 e. The summed E-state index contributed by atoms with van der Waals surface area (Å²) in [6, 6.07) is 0. The van der Waals surface area contributed by atoms with E-state index in [-0.39, 0.29) is 29.9 Å². The molecule has 0 unspecified atom stereocenters. The molecular weight excluding hydrogens is 352 g/mol. The molecule has 1 aromatic heterocycles. The molecule has 0 bridgehead atoms. The number of hydrogen-bond acceptors (Lipinski definition) is 6. The van der Waals surface area contributed by atoms with Crippen LogP contribution in [0.15, 0.2) is 9.59 Å². The average molecular weight is 380 g/mol. The standard InChI is InChI=1S/C18H28N4O5/c1-4-6-8-21(13(23)10-27-17(25)12-9-11(12)3)14-15(19)22(7-5-2)18(26)20-16(14)24/h11-12H,4-10,19H2,1-3H3,(H,20,24,26)/t11-,12-/m0/s1. The summed E-state index contributed by atoms with van der Waals surface area (Å²) in [5.41, 5.74) is 4.65. The second-order valence-corrected chi connectivity index (χ2v) is 6.97. The number of nitrogens with two attached hydrogens (primary N) is 1. The lowest BCUT2D eigenvalue weighted by Gasteiger charge is -2.24. The summed E-state index contributed by atoms with van der Waals surface area (Å²) in [5, 5.41) is 0. The molecule has 1 fully saturated rings. The quantitative estimate of drug-likeness (QED) is 0.612. The summed E-state index contributed by atoms with van der Waals surface area (Å²) in [5.74, 6) is -0.868. The Morgan fingerprint density at radius 2 is 1.96 bits per heavy atom. The number of nitrogen functional groups attached to an aromatic ring is 1. The highest BCUT2D eigenvalue weighted by atomic mass is 16.5. The van der Waals surface area contributed by atoms with Crippen LogP contribution in [-0.4, -0.2) is 34.6 Å². The maximum Gasteiger partial charge on any atom is 0.330 e. The molecule has 0 spiro atoms. The summed E-state index contributed by atoms with van der Waals surface area (Å²) >= 11 is 0.